The number of para-hydroxylation sites is 1. The van der Waals surface area contributed by atoms with Crippen LogP contribution in [-0.2, 0) is 26.1 Å². The van der Waals surface area contributed by atoms with E-state index in [0.29, 0.717) is 23.7 Å². The number of aryl methyl sites for hydroxylation is 2. The molecule has 0 radical (unpaired) electrons. The number of rotatable bonds is 5. The molecule has 4 aromatic heterocycles. The van der Waals surface area contributed by atoms with Crippen molar-refractivity contribution in [3.63, 3.8) is 0 Å². The highest BCUT2D eigenvalue weighted by Crippen LogP contribution is 2.45. The zero-order valence-electron chi connectivity index (χ0n) is 21.3. The van der Waals surface area contributed by atoms with Gasteiger partial charge in [-0.1, -0.05) is 18.2 Å². The summed E-state index contributed by atoms with van der Waals surface area (Å²) in [5.41, 5.74) is 3.64. The minimum absolute atomic E-state index is 0.184. The standard InChI is InChI=1S/C26H26FN9O2/c1-14(27)10-28-15(2)21-12-29-23(32-21)20-9-18-17-7-5-6-8-19(17)31-22(18)26(33-20,16-11-30-35(3)13-16)24-34-36(4)25(37)38-24/h5-8,10-13,20,31,33H,9H2,1-4H3,(H,29,32)/b14-10+,28-15?/t20-,26?/m1/s1. The van der Waals surface area contributed by atoms with Gasteiger partial charge in [-0.05, 0) is 31.9 Å². The van der Waals surface area contributed by atoms with E-state index in [1.54, 1.807) is 31.0 Å². The first-order valence-electron chi connectivity index (χ1n) is 12.1. The topological polar surface area (TPSA) is 135 Å². The van der Waals surface area contributed by atoms with Gasteiger partial charge in [-0.3, -0.25) is 15.0 Å². The van der Waals surface area contributed by atoms with E-state index in [2.05, 4.69) is 41.5 Å². The molecular formula is C26H26FN9O2. The fraction of sp³-hybridized carbons (Fsp3) is 0.269. The number of halogens is 1. The molecule has 2 atom stereocenters. The van der Waals surface area contributed by atoms with Gasteiger partial charge in [-0.15, -0.1) is 5.10 Å². The fourth-order valence-electron chi connectivity index (χ4n) is 5.07. The van der Waals surface area contributed by atoms with Gasteiger partial charge in [-0.25, -0.2) is 14.2 Å². The summed E-state index contributed by atoms with van der Waals surface area (Å²) in [5.74, 6) is -0.127. The van der Waals surface area contributed by atoms with E-state index in [1.165, 1.54) is 17.8 Å². The molecule has 1 aromatic carbocycles. The van der Waals surface area contributed by atoms with Gasteiger partial charge in [0.15, 0.2) is 5.54 Å². The SMILES string of the molecule is CC(=N/C=C(\C)F)c1cnc([C@H]2Cc3c([nH]c4ccccc34)C(c3cnn(C)c3)(c3nn(C)c(=O)o3)N2)[nH]1. The summed E-state index contributed by atoms with van der Waals surface area (Å²) >= 11 is 0. The molecular weight excluding hydrogens is 489 g/mol. The Morgan fingerprint density at radius 2 is 2.05 bits per heavy atom. The molecule has 1 unspecified atom stereocenters. The monoisotopic (exact) mass is 515 g/mol. The smallest absolute Gasteiger partial charge is 0.389 e. The molecule has 3 N–H and O–H groups in total. The van der Waals surface area contributed by atoms with E-state index >= 15 is 0 Å². The van der Waals surface area contributed by atoms with Crippen LogP contribution < -0.4 is 11.1 Å². The number of aromatic nitrogens is 7. The molecule has 38 heavy (non-hydrogen) atoms. The first-order valence-corrected chi connectivity index (χ1v) is 12.1. The van der Waals surface area contributed by atoms with E-state index < -0.39 is 11.3 Å². The summed E-state index contributed by atoms with van der Waals surface area (Å²) in [5, 5.41) is 13.6. The maximum atomic E-state index is 13.2. The number of benzene rings is 1. The van der Waals surface area contributed by atoms with Crippen molar-refractivity contribution in [2.24, 2.45) is 19.1 Å². The van der Waals surface area contributed by atoms with E-state index in [-0.39, 0.29) is 17.8 Å². The first kappa shape index (κ1) is 23.8. The van der Waals surface area contributed by atoms with Crippen molar-refractivity contribution in [3.05, 3.63) is 99.7 Å². The van der Waals surface area contributed by atoms with Crippen molar-refractivity contribution >= 4 is 16.6 Å². The lowest BCUT2D eigenvalue weighted by atomic mass is 9.79. The van der Waals surface area contributed by atoms with Crippen LogP contribution in [0.2, 0.25) is 0 Å². The van der Waals surface area contributed by atoms with Crippen LogP contribution in [0.25, 0.3) is 10.9 Å². The number of nitrogens with one attached hydrogen (secondary N) is 3. The van der Waals surface area contributed by atoms with Gasteiger partial charge in [0.1, 0.15) is 11.7 Å². The minimum Gasteiger partial charge on any atom is -0.389 e. The molecule has 6 rings (SSSR count). The van der Waals surface area contributed by atoms with Gasteiger partial charge in [-0.2, -0.15) is 9.78 Å². The van der Waals surface area contributed by atoms with E-state index in [4.69, 9.17) is 4.42 Å². The second-order valence-corrected chi connectivity index (χ2v) is 9.49. The van der Waals surface area contributed by atoms with Gasteiger partial charge in [0.05, 0.1) is 41.7 Å². The molecule has 11 nitrogen and oxygen atoms in total. The van der Waals surface area contributed by atoms with Gasteiger partial charge in [0.25, 0.3) is 0 Å². The zero-order chi connectivity index (χ0) is 26.6. The molecule has 0 saturated heterocycles. The third kappa shape index (κ3) is 3.72. The summed E-state index contributed by atoms with van der Waals surface area (Å²) in [6.07, 6.45) is 7.04. The van der Waals surface area contributed by atoms with Crippen molar-refractivity contribution in [1.82, 2.24) is 39.8 Å². The van der Waals surface area contributed by atoms with Gasteiger partial charge >= 0.3 is 5.76 Å². The molecule has 0 saturated carbocycles. The van der Waals surface area contributed by atoms with Gasteiger partial charge in [0, 0.05) is 36.8 Å². The molecule has 0 spiro atoms. The molecule has 194 valence electrons. The predicted octanol–water partition coefficient (Wildman–Crippen LogP) is 3.13. The van der Waals surface area contributed by atoms with Gasteiger partial charge < -0.3 is 14.4 Å². The second-order valence-electron chi connectivity index (χ2n) is 9.49. The lowest BCUT2D eigenvalue weighted by Crippen LogP contribution is -2.51. The summed E-state index contributed by atoms with van der Waals surface area (Å²) in [6.45, 7) is 3.12. The van der Waals surface area contributed by atoms with Crippen molar-refractivity contribution in [1.29, 1.82) is 0 Å². The Labute approximate surface area is 216 Å². The molecule has 5 heterocycles. The lowest BCUT2D eigenvalue weighted by Gasteiger charge is -2.38. The van der Waals surface area contributed by atoms with Crippen LogP contribution in [0.3, 0.4) is 0 Å². The number of allylic oxidation sites excluding steroid dienone is 1. The minimum atomic E-state index is -1.17. The third-order valence-electron chi connectivity index (χ3n) is 6.89. The number of hydrogen-bond donors (Lipinski definition) is 3. The largest absolute Gasteiger partial charge is 0.436 e. The molecule has 1 aliphatic rings. The highest BCUT2D eigenvalue weighted by molar-refractivity contribution is 5.97. The number of aromatic amines is 2. The second kappa shape index (κ2) is 8.77. The van der Waals surface area contributed by atoms with Crippen molar-refractivity contribution < 1.29 is 8.81 Å². The van der Waals surface area contributed by atoms with Crippen molar-refractivity contribution in [3.8, 4) is 0 Å². The molecule has 0 aliphatic carbocycles. The lowest BCUT2D eigenvalue weighted by molar-refractivity contribution is 0.284. The van der Waals surface area contributed by atoms with Crippen LogP contribution in [0.15, 0.2) is 69.1 Å². The Balaban J connectivity index is 1.58. The maximum absolute atomic E-state index is 13.2. The molecule has 0 amide bonds. The number of fused-ring (bicyclic) bond motifs is 3. The first-order chi connectivity index (χ1) is 18.3. The van der Waals surface area contributed by atoms with Crippen molar-refractivity contribution in [2.75, 3.05) is 0 Å². The van der Waals surface area contributed by atoms with E-state index in [9.17, 15) is 9.18 Å². The summed E-state index contributed by atoms with van der Waals surface area (Å²) in [6, 6.07) is 7.69. The van der Waals surface area contributed by atoms with Crippen LogP contribution in [0.1, 0.15) is 54.1 Å². The number of imidazole rings is 1. The van der Waals surface area contributed by atoms with Crippen LogP contribution >= 0.6 is 0 Å². The van der Waals surface area contributed by atoms with Crippen molar-refractivity contribution in [2.45, 2.75) is 31.8 Å². The zero-order valence-corrected chi connectivity index (χ0v) is 21.3. The highest BCUT2D eigenvalue weighted by atomic mass is 19.1. The Kier molecular flexibility index (Phi) is 5.49. The fourth-order valence-corrected chi connectivity index (χ4v) is 5.07. The number of H-pyrrole nitrogens is 2. The van der Waals surface area contributed by atoms with Crippen LogP contribution in [-0.4, -0.2) is 40.2 Å². The Morgan fingerprint density at radius 1 is 1.24 bits per heavy atom. The summed E-state index contributed by atoms with van der Waals surface area (Å²) < 4.78 is 21.8. The quantitative estimate of drug-likeness (QED) is 0.308. The Hall–Kier alpha value is -4.58. The molecule has 0 fully saturated rings. The number of aliphatic imine (C=N–C) groups is 1. The third-order valence-corrected chi connectivity index (χ3v) is 6.89. The molecule has 5 aromatic rings. The average Bonchev–Trinajstić information content (AvgIpc) is 3.69. The Morgan fingerprint density at radius 3 is 2.76 bits per heavy atom. The van der Waals surface area contributed by atoms with Crippen LogP contribution in [0, 0.1) is 0 Å². The maximum Gasteiger partial charge on any atom is 0.436 e. The normalized spacial score (nSPS) is 20.3. The van der Waals surface area contributed by atoms with Crippen LogP contribution in [0.5, 0.6) is 0 Å². The number of nitrogens with zero attached hydrogens (tertiary/aromatic N) is 6. The highest BCUT2D eigenvalue weighted by Gasteiger charge is 2.50. The summed E-state index contributed by atoms with van der Waals surface area (Å²) in [4.78, 5) is 28.2. The molecule has 0 bridgehead atoms. The number of hydrogen-bond acceptors (Lipinski definition) is 7. The Bertz CT molecular complexity index is 1780. The van der Waals surface area contributed by atoms with Crippen LogP contribution in [0.4, 0.5) is 4.39 Å². The van der Waals surface area contributed by atoms with E-state index in [0.717, 1.165) is 27.7 Å². The average molecular weight is 516 g/mol. The molecule has 1 aliphatic heterocycles. The molecule has 12 heteroatoms. The van der Waals surface area contributed by atoms with E-state index in [1.807, 2.05) is 31.4 Å². The predicted molar refractivity (Wildman–Crippen MR) is 138 cm³/mol. The summed E-state index contributed by atoms with van der Waals surface area (Å²) in [7, 11) is 3.37. The van der Waals surface area contributed by atoms with Gasteiger partial charge in [0.2, 0.25) is 5.89 Å².